The summed E-state index contributed by atoms with van der Waals surface area (Å²) in [6.45, 7) is 5.67. The maximum absolute atomic E-state index is 11.2. The van der Waals surface area contributed by atoms with E-state index in [2.05, 4.69) is 0 Å². The fourth-order valence-corrected chi connectivity index (χ4v) is 1.33. The molecule has 0 aliphatic heterocycles. The lowest BCUT2D eigenvalue weighted by Crippen LogP contribution is -2.25. The molecule has 1 atom stereocenters. The van der Waals surface area contributed by atoms with Crippen LogP contribution in [-0.2, 0) is 9.53 Å². The van der Waals surface area contributed by atoms with Crippen LogP contribution in [0, 0.1) is 5.92 Å². The zero-order chi connectivity index (χ0) is 11.2. The quantitative estimate of drug-likeness (QED) is 0.684. The number of hydrogen-bond donors (Lipinski definition) is 1. The topological polar surface area (TPSA) is 46.5 Å². The molecule has 0 aliphatic carbocycles. The second kappa shape index (κ2) is 6.14. The number of aliphatic hydroxyl groups is 1. The largest absolute Gasteiger partial charge is 0.396 e. The summed E-state index contributed by atoms with van der Waals surface area (Å²) in [5.41, 5.74) is -0.177. The molecule has 0 amide bonds. The Morgan fingerprint density at radius 1 is 1.43 bits per heavy atom. The number of carbonyl (C=O) groups is 1. The number of ketones is 1. The molecule has 0 aromatic rings. The van der Waals surface area contributed by atoms with Crippen molar-refractivity contribution in [3.63, 3.8) is 0 Å². The summed E-state index contributed by atoms with van der Waals surface area (Å²) in [5.74, 6) is 0.139. The fourth-order valence-electron chi connectivity index (χ4n) is 1.33. The lowest BCUT2D eigenvalue weighted by atomic mass is 9.90. The summed E-state index contributed by atoms with van der Waals surface area (Å²) in [6.07, 6.45) is 2.19. The molecular weight excluding hydrogens is 180 g/mol. The van der Waals surface area contributed by atoms with E-state index in [0.717, 1.165) is 12.8 Å². The van der Waals surface area contributed by atoms with Crippen molar-refractivity contribution in [1.82, 2.24) is 0 Å². The van der Waals surface area contributed by atoms with Gasteiger partial charge in [-0.2, -0.15) is 0 Å². The smallest absolute Gasteiger partial charge is 0.132 e. The van der Waals surface area contributed by atoms with E-state index in [-0.39, 0.29) is 23.9 Å². The van der Waals surface area contributed by atoms with Crippen LogP contribution in [0.3, 0.4) is 0 Å². The summed E-state index contributed by atoms with van der Waals surface area (Å²) < 4.78 is 5.27. The lowest BCUT2D eigenvalue weighted by molar-refractivity contribution is -0.121. The van der Waals surface area contributed by atoms with E-state index < -0.39 is 0 Å². The van der Waals surface area contributed by atoms with Crippen LogP contribution in [0.25, 0.3) is 0 Å². The number of rotatable bonds is 7. The highest BCUT2D eigenvalue weighted by molar-refractivity contribution is 5.78. The van der Waals surface area contributed by atoms with Crippen molar-refractivity contribution in [3.05, 3.63) is 0 Å². The molecule has 1 unspecified atom stereocenters. The van der Waals surface area contributed by atoms with Crippen molar-refractivity contribution in [2.75, 3.05) is 13.7 Å². The Kier molecular flexibility index (Phi) is 5.96. The molecule has 0 heterocycles. The minimum absolute atomic E-state index is 0.0191. The van der Waals surface area contributed by atoms with Gasteiger partial charge >= 0.3 is 0 Å². The van der Waals surface area contributed by atoms with E-state index in [1.807, 2.05) is 13.8 Å². The minimum atomic E-state index is -0.177. The molecule has 0 saturated heterocycles. The Labute approximate surface area is 86.5 Å². The third-order valence-electron chi connectivity index (χ3n) is 2.70. The predicted octanol–water partition coefficient (Wildman–Crippen LogP) is 1.78. The van der Waals surface area contributed by atoms with Crippen LogP contribution in [0.1, 0.15) is 40.0 Å². The van der Waals surface area contributed by atoms with Crippen molar-refractivity contribution >= 4 is 5.78 Å². The van der Waals surface area contributed by atoms with Crippen molar-refractivity contribution in [3.8, 4) is 0 Å². The molecule has 3 nitrogen and oxygen atoms in total. The normalized spacial score (nSPS) is 14.1. The molecular formula is C11H22O3. The zero-order valence-electron chi connectivity index (χ0n) is 9.67. The van der Waals surface area contributed by atoms with Gasteiger partial charge in [0.15, 0.2) is 0 Å². The monoisotopic (exact) mass is 202 g/mol. The van der Waals surface area contributed by atoms with Gasteiger partial charge in [-0.05, 0) is 40.0 Å². The van der Waals surface area contributed by atoms with Gasteiger partial charge in [-0.1, -0.05) is 0 Å². The summed E-state index contributed by atoms with van der Waals surface area (Å²) in [7, 11) is 1.68. The van der Waals surface area contributed by atoms with Crippen LogP contribution in [0.4, 0.5) is 0 Å². The highest BCUT2D eigenvalue weighted by atomic mass is 16.5. The first-order valence-electron chi connectivity index (χ1n) is 5.09. The van der Waals surface area contributed by atoms with Gasteiger partial charge in [0.05, 0.1) is 5.60 Å². The van der Waals surface area contributed by atoms with Crippen molar-refractivity contribution in [1.29, 1.82) is 0 Å². The number of hydrogen-bond acceptors (Lipinski definition) is 3. The van der Waals surface area contributed by atoms with Crippen LogP contribution in [0.5, 0.6) is 0 Å². The van der Waals surface area contributed by atoms with Gasteiger partial charge in [-0.3, -0.25) is 4.79 Å². The third kappa shape index (κ3) is 5.35. The van der Waals surface area contributed by atoms with Crippen LogP contribution in [0.15, 0.2) is 0 Å². The third-order valence-corrected chi connectivity index (χ3v) is 2.70. The van der Waals surface area contributed by atoms with E-state index >= 15 is 0 Å². The maximum atomic E-state index is 11.2. The number of carbonyl (C=O) groups excluding carboxylic acids is 1. The van der Waals surface area contributed by atoms with Gasteiger partial charge in [0.2, 0.25) is 0 Å². The van der Waals surface area contributed by atoms with E-state index in [4.69, 9.17) is 9.84 Å². The zero-order valence-corrected chi connectivity index (χ0v) is 9.67. The first kappa shape index (κ1) is 13.6. The predicted molar refractivity (Wildman–Crippen MR) is 56.2 cm³/mol. The molecule has 0 spiro atoms. The summed E-state index contributed by atoms with van der Waals surface area (Å²) in [6, 6.07) is 0. The summed E-state index contributed by atoms with van der Waals surface area (Å²) in [5, 5.41) is 8.79. The Morgan fingerprint density at radius 2 is 2.00 bits per heavy atom. The molecule has 84 valence electrons. The molecule has 1 N–H and O–H groups in total. The number of Topliss-reactive ketones (excluding diaryl/α,β-unsaturated/α-hetero) is 1. The van der Waals surface area contributed by atoms with Crippen molar-refractivity contribution < 1.29 is 14.6 Å². The number of aliphatic hydroxyl groups excluding tert-OH is 1. The Morgan fingerprint density at radius 3 is 2.36 bits per heavy atom. The second-order valence-corrected chi connectivity index (χ2v) is 4.32. The highest BCUT2D eigenvalue weighted by Gasteiger charge is 2.21. The number of ether oxygens (including phenoxy) is 1. The van der Waals surface area contributed by atoms with Crippen molar-refractivity contribution in [2.24, 2.45) is 5.92 Å². The molecule has 0 fully saturated rings. The van der Waals surface area contributed by atoms with Crippen LogP contribution >= 0.6 is 0 Å². The molecule has 14 heavy (non-hydrogen) atoms. The molecule has 0 rings (SSSR count). The van der Waals surface area contributed by atoms with E-state index in [0.29, 0.717) is 6.42 Å². The van der Waals surface area contributed by atoms with E-state index in [1.54, 1.807) is 14.0 Å². The van der Waals surface area contributed by atoms with Crippen LogP contribution in [0.2, 0.25) is 0 Å². The molecule has 0 radical (unpaired) electrons. The molecule has 0 aliphatic rings. The first-order chi connectivity index (χ1) is 6.43. The fraction of sp³-hybridized carbons (Fsp3) is 0.909. The van der Waals surface area contributed by atoms with Crippen LogP contribution in [-0.4, -0.2) is 30.2 Å². The van der Waals surface area contributed by atoms with E-state index in [1.165, 1.54) is 0 Å². The van der Waals surface area contributed by atoms with Gasteiger partial charge in [0.25, 0.3) is 0 Å². The Hall–Kier alpha value is -0.410. The van der Waals surface area contributed by atoms with Crippen molar-refractivity contribution in [2.45, 2.75) is 45.6 Å². The molecule has 0 aromatic heterocycles. The standard InChI is InChI=1S/C11H22O3/c1-9(13)10(6-8-12)5-7-11(2,3)14-4/h10,12H,5-8H2,1-4H3. The van der Waals surface area contributed by atoms with Gasteiger partial charge in [0, 0.05) is 19.6 Å². The van der Waals surface area contributed by atoms with Gasteiger partial charge < -0.3 is 9.84 Å². The SMILES string of the molecule is COC(C)(C)CCC(CCO)C(C)=O. The summed E-state index contributed by atoms with van der Waals surface area (Å²) in [4.78, 5) is 11.2. The van der Waals surface area contributed by atoms with E-state index in [9.17, 15) is 4.79 Å². The molecule has 0 saturated carbocycles. The van der Waals surface area contributed by atoms with Gasteiger partial charge in [-0.25, -0.2) is 0 Å². The van der Waals surface area contributed by atoms with Gasteiger partial charge in [-0.15, -0.1) is 0 Å². The molecule has 3 heteroatoms. The average Bonchev–Trinajstić information content (AvgIpc) is 2.12. The maximum Gasteiger partial charge on any atom is 0.132 e. The number of methoxy groups -OCH3 is 1. The first-order valence-corrected chi connectivity index (χ1v) is 5.09. The average molecular weight is 202 g/mol. The summed E-state index contributed by atoms with van der Waals surface area (Å²) >= 11 is 0. The van der Waals surface area contributed by atoms with Crippen LogP contribution < -0.4 is 0 Å². The second-order valence-electron chi connectivity index (χ2n) is 4.32. The highest BCUT2D eigenvalue weighted by Crippen LogP contribution is 2.21. The Balaban J connectivity index is 3.99. The lowest BCUT2D eigenvalue weighted by Gasteiger charge is -2.24. The molecule has 0 bridgehead atoms. The van der Waals surface area contributed by atoms with Gasteiger partial charge in [0.1, 0.15) is 5.78 Å². The minimum Gasteiger partial charge on any atom is -0.396 e. The molecule has 0 aromatic carbocycles. The Bertz CT molecular complexity index is 175.